The first-order valence-corrected chi connectivity index (χ1v) is 7.83. The summed E-state index contributed by atoms with van der Waals surface area (Å²) in [5, 5.41) is 3.68. The number of hydrogen-bond acceptors (Lipinski definition) is 3. The average Bonchev–Trinajstić information content (AvgIpc) is 2.40. The molecule has 1 fully saturated rings. The normalized spacial score (nSPS) is 23.0. The van der Waals surface area contributed by atoms with Crippen LogP contribution in [0.5, 0.6) is 0 Å². The second-order valence-corrected chi connectivity index (χ2v) is 6.23. The summed E-state index contributed by atoms with van der Waals surface area (Å²) < 4.78 is 5.67. The molecule has 4 nitrogen and oxygen atoms in total. The summed E-state index contributed by atoms with van der Waals surface area (Å²) in [4.78, 5) is 14.3. The monoisotopic (exact) mass is 330 g/mol. The Labute approximate surface area is 135 Å². The zero-order chi connectivity index (χ0) is 15.4. The van der Waals surface area contributed by atoms with Crippen LogP contribution in [0.25, 0.3) is 0 Å². The van der Waals surface area contributed by atoms with E-state index in [2.05, 4.69) is 10.2 Å². The smallest absolute Gasteiger partial charge is 0.225 e. The van der Waals surface area contributed by atoms with Crippen LogP contribution >= 0.6 is 23.2 Å². The maximum atomic E-state index is 12.0. The molecule has 1 aromatic carbocycles. The zero-order valence-corrected chi connectivity index (χ0v) is 13.7. The zero-order valence-electron chi connectivity index (χ0n) is 12.2. The minimum absolute atomic E-state index is 0.0863. The molecule has 0 bridgehead atoms. The lowest BCUT2D eigenvalue weighted by Crippen LogP contribution is -2.46. The van der Waals surface area contributed by atoms with Crippen LogP contribution in [-0.2, 0) is 9.53 Å². The van der Waals surface area contributed by atoms with Gasteiger partial charge in [0.1, 0.15) is 0 Å². The maximum Gasteiger partial charge on any atom is 0.225 e. The lowest BCUT2D eigenvalue weighted by molar-refractivity contribution is -0.117. The molecule has 6 heteroatoms. The molecular weight excluding hydrogens is 311 g/mol. The van der Waals surface area contributed by atoms with Crippen molar-refractivity contribution in [1.82, 2.24) is 4.90 Å². The number of nitrogens with one attached hydrogen (secondary N) is 1. The van der Waals surface area contributed by atoms with Gasteiger partial charge in [-0.2, -0.15) is 0 Å². The van der Waals surface area contributed by atoms with Gasteiger partial charge in [0.2, 0.25) is 5.91 Å². The van der Waals surface area contributed by atoms with Gasteiger partial charge >= 0.3 is 0 Å². The lowest BCUT2D eigenvalue weighted by Gasteiger charge is -2.35. The summed E-state index contributed by atoms with van der Waals surface area (Å²) >= 11 is 12.1. The second kappa shape index (κ2) is 7.45. The number of morpholine rings is 1. The van der Waals surface area contributed by atoms with Crippen molar-refractivity contribution in [2.75, 3.05) is 25.0 Å². The Morgan fingerprint density at radius 1 is 1.29 bits per heavy atom. The van der Waals surface area contributed by atoms with Crippen LogP contribution in [0, 0.1) is 0 Å². The number of anilines is 1. The fraction of sp³-hybridized carbons (Fsp3) is 0.533. The van der Waals surface area contributed by atoms with Gasteiger partial charge in [0.25, 0.3) is 0 Å². The quantitative estimate of drug-likeness (QED) is 0.919. The Morgan fingerprint density at radius 3 is 2.43 bits per heavy atom. The fourth-order valence-electron chi connectivity index (χ4n) is 2.55. The number of carbonyl (C=O) groups is 1. The molecule has 0 unspecified atom stereocenters. The van der Waals surface area contributed by atoms with Crippen LogP contribution in [0.3, 0.4) is 0 Å². The van der Waals surface area contributed by atoms with Crippen molar-refractivity contribution in [3.8, 4) is 0 Å². The number of hydrogen-bond donors (Lipinski definition) is 1. The van der Waals surface area contributed by atoms with Gasteiger partial charge in [-0.05, 0) is 26.0 Å². The van der Waals surface area contributed by atoms with Crippen molar-refractivity contribution in [1.29, 1.82) is 0 Å². The van der Waals surface area contributed by atoms with Crippen molar-refractivity contribution in [3.63, 3.8) is 0 Å². The third-order valence-corrected chi connectivity index (χ3v) is 4.01. The second-order valence-electron chi connectivity index (χ2n) is 5.41. The van der Waals surface area contributed by atoms with E-state index < -0.39 is 0 Å². The molecular formula is C15H20Cl2N2O2. The van der Waals surface area contributed by atoms with Crippen LogP contribution in [0.1, 0.15) is 20.3 Å². The molecule has 1 aromatic rings. The molecule has 1 N–H and O–H groups in total. The first-order valence-electron chi connectivity index (χ1n) is 7.07. The number of amides is 1. The largest absolute Gasteiger partial charge is 0.373 e. The molecule has 0 saturated carbocycles. The highest BCUT2D eigenvalue weighted by atomic mass is 35.5. The van der Waals surface area contributed by atoms with Crippen LogP contribution in [-0.4, -0.2) is 42.6 Å². The molecule has 1 amide bonds. The van der Waals surface area contributed by atoms with Gasteiger partial charge in [0.05, 0.1) is 27.9 Å². The first kappa shape index (κ1) is 16.6. The van der Waals surface area contributed by atoms with Gasteiger partial charge in [-0.15, -0.1) is 0 Å². The van der Waals surface area contributed by atoms with E-state index in [-0.39, 0.29) is 18.1 Å². The number of para-hydroxylation sites is 1. The van der Waals surface area contributed by atoms with Gasteiger partial charge in [0.15, 0.2) is 0 Å². The molecule has 0 radical (unpaired) electrons. The van der Waals surface area contributed by atoms with E-state index in [1.807, 2.05) is 13.8 Å². The standard InChI is InChI=1S/C15H20Cl2N2O2/c1-10-8-19(9-11(2)21-10)7-6-14(20)18-15-12(16)4-3-5-13(15)17/h3-5,10-11H,6-9H2,1-2H3,(H,18,20)/t10-,11-/m1/s1. The minimum atomic E-state index is -0.0863. The van der Waals surface area contributed by atoms with Gasteiger partial charge in [-0.1, -0.05) is 29.3 Å². The van der Waals surface area contributed by atoms with Gasteiger partial charge in [-0.3, -0.25) is 9.69 Å². The summed E-state index contributed by atoms with van der Waals surface area (Å²) in [6.07, 6.45) is 0.811. The highest BCUT2D eigenvalue weighted by Crippen LogP contribution is 2.29. The Morgan fingerprint density at radius 2 is 1.86 bits per heavy atom. The van der Waals surface area contributed by atoms with Crippen LogP contribution in [0.4, 0.5) is 5.69 Å². The van der Waals surface area contributed by atoms with Crippen LogP contribution < -0.4 is 5.32 Å². The first-order chi connectivity index (χ1) is 9.95. The highest BCUT2D eigenvalue weighted by Gasteiger charge is 2.22. The molecule has 0 aromatic heterocycles. The summed E-state index contributed by atoms with van der Waals surface area (Å²) in [6, 6.07) is 5.15. The third-order valence-electron chi connectivity index (χ3n) is 3.38. The Balaban J connectivity index is 1.85. The number of nitrogens with zero attached hydrogens (tertiary/aromatic N) is 1. The number of ether oxygens (including phenoxy) is 1. The summed E-state index contributed by atoms with van der Waals surface area (Å²) in [5.74, 6) is -0.0863. The van der Waals surface area contributed by atoms with E-state index in [0.29, 0.717) is 28.7 Å². The Kier molecular flexibility index (Phi) is 5.88. The van der Waals surface area contributed by atoms with Crippen LogP contribution in [0.15, 0.2) is 18.2 Å². The van der Waals surface area contributed by atoms with E-state index in [1.165, 1.54) is 0 Å². The molecule has 116 valence electrons. The van der Waals surface area contributed by atoms with Crippen molar-refractivity contribution in [2.24, 2.45) is 0 Å². The number of carbonyl (C=O) groups excluding carboxylic acids is 1. The van der Waals surface area contributed by atoms with E-state index in [4.69, 9.17) is 27.9 Å². The molecule has 21 heavy (non-hydrogen) atoms. The molecule has 1 saturated heterocycles. The van der Waals surface area contributed by atoms with Crippen molar-refractivity contribution in [2.45, 2.75) is 32.5 Å². The predicted octanol–water partition coefficient (Wildman–Crippen LogP) is 3.43. The number of benzene rings is 1. The summed E-state index contributed by atoms with van der Waals surface area (Å²) in [5.41, 5.74) is 0.481. The SMILES string of the molecule is C[C@@H]1CN(CCC(=O)Nc2c(Cl)cccc2Cl)C[C@@H](C)O1. The molecule has 1 heterocycles. The number of halogens is 2. The Hall–Kier alpha value is -0.810. The fourth-order valence-corrected chi connectivity index (χ4v) is 3.04. The van der Waals surface area contributed by atoms with E-state index in [0.717, 1.165) is 13.1 Å². The summed E-state index contributed by atoms with van der Waals surface area (Å²) in [6.45, 7) is 6.50. The molecule has 1 aliphatic heterocycles. The predicted molar refractivity (Wildman–Crippen MR) is 86.2 cm³/mol. The lowest BCUT2D eigenvalue weighted by atomic mass is 10.2. The molecule has 0 aliphatic carbocycles. The van der Waals surface area contributed by atoms with E-state index in [9.17, 15) is 4.79 Å². The minimum Gasteiger partial charge on any atom is -0.373 e. The topological polar surface area (TPSA) is 41.6 Å². The van der Waals surface area contributed by atoms with Gasteiger partial charge in [-0.25, -0.2) is 0 Å². The molecule has 1 aliphatic rings. The third kappa shape index (κ3) is 4.85. The number of rotatable bonds is 4. The van der Waals surface area contributed by atoms with Gasteiger partial charge < -0.3 is 10.1 Å². The van der Waals surface area contributed by atoms with Crippen LogP contribution in [0.2, 0.25) is 10.0 Å². The summed E-state index contributed by atoms with van der Waals surface area (Å²) in [7, 11) is 0. The molecule has 2 atom stereocenters. The van der Waals surface area contributed by atoms with Crippen molar-refractivity contribution in [3.05, 3.63) is 28.2 Å². The molecule has 0 spiro atoms. The maximum absolute atomic E-state index is 12.0. The van der Waals surface area contributed by atoms with E-state index >= 15 is 0 Å². The van der Waals surface area contributed by atoms with Crippen molar-refractivity contribution < 1.29 is 9.53 Å². The van der Waals surface area contributed by atoms with Crippen molar-refractivity contribution >= 4 is 34.8 Å². The van der Waals surface area contributed by atoms with Gasteiger partial charge in [0, 0.05) is 26.1 Å². The van der Waals surface area contributed by atoms with E-state index in [1.54, 1.807) is 18.2 Å². The average molecular weight is 331 g/mol. The Bertz CT molecular complexity index is 480. The highest BCUT2D eigenvalue weighted by molar-refractivity contribution is 6.39. The molecule has 2 rings (SSSR count).